The van der Waals surface area contributed by atoms with Crippen LogP contribution >= 0.6 is 0 Å². The number of rotatable bonds is 2. The number of imide groups is 1. The van der Waals surface area contributed by atoms with Gasteiger partial charge in [-0.2, -0.15) is 0 Å². The average Bonchev–Trinajstić information content (AvgIpc) is 2.42. The summed E-state index contributed by atoms with van der Waals surface area (Å²) in [7, 11) is 0.302. The smallest absolute Gasteiger partial charge is 0.230 e. The molecule has 1 aliphatic heterocycles. The van der Waals surface area contributed by atoms with Crippen LogP contribution in [-0.4, -0.2) is 41.5 Å². The molecule has 2 amide bonds. The minimum atomic E-state index is -0.0868. The lowest BCUT2D eigenvalue weighted by molar-refractivity contribution is -0.137. The van der Waals surface area contributed by atoms with Crippen LogP contribution < -0.4 is 12.4 Å². The quantitative estimate of drug-likeness (QED) is 0.297. The molecule has 0 radical (unpaired) electrons. The Balaban J connectivity index is 0.00000196. The highest BCUT2D eigenvalue weighted by Gasteiger charge is 2.27. The molecule has 1 heterocycles. The Morgan fingerprint density at radius 1 is 1.20 bits per heavy atom. The van der Waals surface area contributed by atoms with E-state index in [-0.39, 0.29) is 30.8 Å². The van der Waals surface area contributed by atoms with E-state index in [1.807, 2.05) is 0 Å². The number of carbonyl (C=O) groups excluding carboxylic acids is 2. The molecule has 0 unspecified atom stereocenters. The molecule has 1 rings (SSSR count). The molecule has 0 bridgehead atoms. The molecule has 15 heavy (non-hydrogen) atoms. The summed E-state index contributed by atoms with van der Waals surface area (Å²) in [5.41, 5.74) is 0. The Morgan fingerprint density at radius 2 is 1.73 bits per heavy atom. The molecule has 0 aliphatic carbocycles. The summed E-state index contributed by atoms with van der Waals surface area (Å²) >= 11 is 0. The van der Waals surface area contributed by atoms with Gasteiger partial charge < -0.3 is 12.4 Å². The monoisotopic (exact) mass is 247 g/mol. The Hall–Kier alpha value is -0.660. The Morgan fingerprint density at radius 3 is 2.20 bits per heavy atom. The van der Waals surface area contributed by atoms with Crippen molar-refractivity contribution in [1.29, 1.82) is 0 Å². The van der Waals surface area contributed by atoms with Gasteiger partial charge in [0.2, 0.25) is 11.8 Å². The van der Waals surface area contributed by atoms with E-state index in [2.05, 4.69) is 24.4 Å². The van der Waals surface area contributed by atoms with Crippen LogP contribution in [0.2, 0.25) is 0 Å². The molecule has 0 atom stereocenters. The zero-order chi connectivity index (χ0) is 10.6. The maximum Gasteiger partial charge on any atom is 0.230 e. The van der Waals surface area contributed by atoms with E-state index in [4.69, 9.17) is 0 Å². The maximum atomic E-state index is 11.2. The van der Waals surface area contributed by atoms with Crippen molar-refractivity contribution in [1.82, 2.24) is 4.90 Å². The Bertz CT molecular complexity index is 290. The first-order chi connectivity index (χ1) is 6.61. The van der Waals surface area contributed by atoms with Crippen molar-refractivity contribution in [2.45, 2.75) is 12.8 Å². The second-order valence-electron chi connectivity index (χ2n) is 3.36. The van der Waals surface area contributed by atoms with Gasteiger partial charge in [-0.1, -0.05) is 5.92 Å². The van der Waals surface area contributed by atoms with Crippen LogP contribution in [0.15, 0.2) is 0 Å². The van der Waals surface area contributed by atoms with Gasteiger partial charge in [-0.25, -0.2) is 0 Å². The van der Waals surface area contributed by atoms with Crippen molar-refractivity contribution < 1.29 is 22.0 Å². The van der Waals surface area contributed by atoms with E-state index in [1.165, 1.54) is 4.90 Å². The standard InChI is InChI=1S/C10H14NO2S.ClH/c1-14(2)8-4-3-7-11-9(12)5-6-10(11)13;/h5-8H2,1-2H3;1H/q+1;/p-1. The van der Waals surface area contributed by atoms with Gasteiger partial charge in [0, 0.05) is 12.8 Å². The van der Waals surface area contributed by atoms with Gasteiger partial charge in [-0.05, 0) is 16.8 Å². The fourth-order valence-corrected chi connectivity index (χ4v) is 1.52. The van der Waals surface area contributed by atoms with Crippen molar-refractivity contribution >= 4 is 22.7 Å². The normalized spacial score (nSPS) is 15.0. The van der Waals surface area contributed by atoms with Crippen molar-refractivity contribution in [3.05, 3.63) is 0 Å². The predicted molar refractivity (Wildman–Crippen MR) is 57.8 cm³/mol. The lowest BCUT2D eigenvalue weighted by Crippen LogP contribution is -3.00. The van der Waals surface area contributed by atoms with E-state index in [0.717, 1.165) is 5.75 Å². The maximum absolute atomic E-state index is 11.2. The van der Waals surface area contributed by atoms with E-state index in [9.17, 15) is 9.59 Å². The molecule has 3 nitrogen and oxygen atoms in total. The lowest BCUT2D eigenvalue weighted by atomic mass is 10.4. The molecule has 1 fully saturated rings. The van der Waals surface area contributed by atoms with Gasteiger partial charge in [-0.15, -0.1) is 0 Å². The molecule has 0 N–H and O–H groups in total. The van der Waals surface area contributed by atoms with Gasteiger partial charge in [0.25, 0.3) is 0 Å². The van der Waals surface area contributed by atoms with E-state index in [1.54, 1.807) is 0 Å². The first-order valence-electron chi connectivity index (χ1n) is 4.44. The summed E-state index contributed by atoms with van der Waals surface area (Å²) in [6.45, 7) is 0.273. The van der Waals surface area contributed by atoms with Crippen LogP contribution in [0.25, 0.3) is 0 Å². The molecule has 0 aromatic carbocycles. The number of hydrogen-bond acceptors (Lipinski definition) is 2. The van der Waals surface area contributed by atoms with Crippen LogP contribution in [0.1, 0.15) is 12.8 Å². The second-order valence-corrected chi connectivity index (χ2v) is 5.62. The molecule has 5 heteroatoms. The van der Waals surface area contributed by atoms with Crippen molar-refractivity contribution in [2.24, 2.45) is 0 Å². The van der Waals surface area contributed by atoms with Gasteiger partial charge in [0.15, 0.2) is 5.75 Å². The third-order valence-corrected chi connectivity index (χ3v) is 2.60. The van der Waals surface area contributed by atoms with Gasteiger partial charge in [-0.3, -0.25) is 14.5 Å². The van der Waals surface area contributed by atoms with Crippen LogP contribution in [0.4, 0.5) is 0 Å². The number of likely N-dealkylation sites (tertiary alicyclic amines) is 1. The summed E-state index contributed by atoms with van der Waals surface area (Å²) in [6.07, 6.45) is 4.93. The third kappa shape index (κ3) is 4.59. The zero-order valence-electron chi connectivity index (χ0n) is 8.88. The van der Waals surface area contributed by atoms with E-state index < -0.39 is 0 Å². The number of nitrogens with zero attached hydrogens (tertiary/aromatic N) is 1. The highest BCUT2D eigenvalue weighted by Crippen LogP contribution is 2.10. The topological polar surface area (TPSA) is 37.4 Å². The second kappa shape index (κ2) is 6.76. The van der Waals surface area contributed by atoms with E-state index >= 15 is 0 Å². The lowest BCUT2D eigenvalue weighted by Gasteiger charge is -2.07. The van der Waals surface area contributed by atoms with Crippen molar-refractivity contribution in [3.8, 4) is 11.8 Å². The predicted octanol–water partition coefficient (Wildman–Crippen LogP) is -2.98. The number of carbonyl (C=O) groups is 2. The first kappa shape index (κ1) is 14.3. The average molecular weight is 248 g/mol. The highest BCUT2D eigenvalue weighted by atomic mass is 35.5. The van der Waals surface area contributed by atoms with Crippen molar-refractivity contribution in [3.63, 3.8) is 0 Å². The molecule has 84 valence electrons. The molecule has 0 aromatic rings. The van der Waals surface area contributed by atoms with Crippen LogP contribution in [0.3, 0.4) is 0 Å². The summed E-state index contributed by atoms with van der Waals surface area (Å²) in [4.78, 5) is 23.6. The summed E-state index contributed by atoms with van der Waals surface area (Å²) < 4.78 is 0. The Labute approximate surface area is 99.3 Å². The molecular weight excluding hydrogens is 234 g/mol. The third-order valence-electron chi connectivity index (χ3n) is 1.88. The molecule has 0 aromatic heterocycles. The number of amides is 2. The van der Waals surface area contributed by atoms with Crippen LogP contribution in [0.5, 0.6) is 0 Å². The highest BCUT2D eigenvalue weighted by molar-refractivity contribution is 7.95. The molecule has 1 saturated heterocycles. The first-order valence-corrected chi connectivity index (χ1v) is 6.65. The molecule has 1 aliphatic rings. The Kier molecular flexibility index (Phi) is 6.46. The molecular formula is C10H14ClNO2S. The van der Waals surface area contributed by atoms with Gasteiger partial charge in [0.05, 0.1) is 19.1 Å². The largest absolute Gasteiger partial charge is 1.00 e. The van der Waals surface area contributed by atoms with E-state index in [0.29, 0.717) is 23.7 Å². The van der Waals surface area contributed by atoms with Crippen LogP contribution in [0, 0.1) is 11.8 Å². The molecule has 0 saturated carbocycles. The fraction of sp³-hybridized carbons (Fsp3) is 0.600. The van der Waals surface area contributed by atoms with Gasteiger partial charge >= 0.3 is 0 Å². The van der Waals surface area contributed by atoms with Crippen molar-refractivity contribution in [2.75, 3.05) is 24.8 Å². The fourth-order valence-electron chi connectivity index (χ4n) is 1.13. The minimum absolute atomic E-state index is 0. The summed E-state index contributed by atoms with van der Waals surface area (Å²) in [5.74, 6) is 6.50. The minimum Gasteiger partial charge on any atom is -1.00 e. The summed E-state index contributed by atoms with van der Waals surface area (Å²) in [6, 6.07) is 0. The van der Waals surface area contributed by atoms with Gasteiger partial charge in [0.1, 0.15) is 0 Å². The number of hydrogen-bond donors (Lipinski definition) is 0. The zero-order valence-corrected chi connectivity index (χ0v) is 10.5. The van der Waals surface area contributed by atoms with Crippen LogP contribution in [-0.2, 0) is 20.5 Å². The SMILES string of the molecule is C[S+](C)CC#CCN1C(=O)CCC1=O.[Cl-]. The summed E-state index contributed by atoms with van der Waals surface area (Å²) in [5, 5.41) is 0. The number of halogens is 1. The molecule has 0 spiro atoms.